The largest absolute Gasteiger partial charge is 0.452 e. The van der Waals surface area contributed by atoms with Crippen molar-refractivity contribution in [3.05, 3.63) is 62.3 Å². The lowest BCUT2D eigenvalue weighted by Crippen LogP contribution is -2.28. The Hall–Kier alpha value is -1.92. The molecule has 0 atom stereocenters. The number of thiophene rings is 1. The highest BCUT2D eigenvalue weighted by molar-refractivity contribution is 9.11. The minimum absolute atomic E-state index is 0.289. The van der Waals surface area contributed by atoms with Crippen LogP contribution >= 0.6 is 27.3 Å². The zero-order chi connectivity index (χ0) is 16.7. The number of benzene rings is 1. The van der Waals surface area contributed by atoms with Gasteiger partial charge in [-0.15, -0.1) is 11.3 Å². The average Bonchev–Trinajstić information content (AvgIpc) is 2.95. The van der Waals surface area contributed by atoms with Gasteiger partial charge in [0.2, 0.25) is 0 Å². The fourth-order valence-corrected chi connectivity index (χ4v) is 3.13. The molecule has 6 heteroatoms. The Morgan fingerprint density at radius 1 is 1.26 bits per heavy atom. The molecule has 1 N–H and O–H groups in total. The van der Waals surface area contributed by atoms with E-state index in [0.717, 1.165) is 19.8 Å². The second-order valence-corrected chi connectivity index (χ2v) is 7.28. The Labute approximate surface area is 147 Å². The molecule has 0 spiro atoms. The Kier molecular flexibility index (Phi) is 6.55. The van der Waals surface area contributed by atoms with Gasteiger partial charge in [0, 0.05) is 17.5 Å². The Morgan fingerprint density at radius 3 is 2.74 bits per heavy atom. The average molecular weight is 394 g/mol. The van der Waals surface area contributed by atoms with Gasteiger partial charge in [0.05, 0.1) is 3.79 Å². The second-order valence-electron chi connectivity index (χ2n) is 4.79. The van der Waals surface area contributed by atoms with Crippen molar-refractivity contribution >= 4 is 45.2 Å². The molecule has 0 radical (unpaired) electrons. The highest BCUT2D eigenvalue weighted by Gasteiger charge is 2.06. The zero-order valence-corrected chi connectivity index (χ0v) is 14.9. The first kappa shape index (κ1) is 17.4. The van der Waals surface area contributed by atoms with Gasteiger partial charge < -0.3 is 10.1 Å². The fourth-order valence-electron chi connectivity index (χ4n) is 1.81. The smallest absolute Gasteiger partial charge is 0.331 e. The first-order valence-electron chi connectivity index (χ1n) is 6.96. The summed E-state index contributed by atoms with van der Waals surface area (Å²) in [6.45, 7) is 2.11. The van der Waals surface area contributed by atoms with Crippen LogP contribution in [0.2, 0.25) is 0 Å². The third-order valence-electron chi connectivity index (χ3n) is 3.06. The molecule has 0 bridgehead atoms. The zero-order valence-electron chi connectivity index (χ0n) is 12.5. The Balaban J connectivity index is 1.72. The first-order valence-corrected chi connectivity index (χ1v) is 8.57. The lowest BCUT2D eigenvalue weighted by Gasteiger charge is -2.07. The number of hydrogen-bond acceptors (Lipinski definition) is 4. The number of esters is 1. The van der Waals surface area contributed by atoms with Crippen molar-refractivity contribution in [1.82, 2.24) is 5.32 Å². The van der Waals surface area contributed by atoms with Crippen molar-refractivity contribution in [1.29, 1.82) is 0 Å². The van der Waals surface area contributed by atoms with Gasteiger partial charge in [-0.25, -0.2) is 4.79 Å². The Bertz CT molecular complexity index is 724. The molecule has 0 fully saturated rings. The molecular weight excluding hydrogens is 378 g/mol. The van der Waals surface area contributed by atoms with Crippen LogP contribution in [0.1, 0.15) is 16.0 Å². The number of amides is 1. The molecule has 0 saturated carbocycles. The van der Waals surface area contributed by atoms with Crippen molar-refractivity contribution in [3.8, 4) is 0 Å². The highest BCUT2D eigenvalue weighted by Crippen LogP contribution is 2.22. The van der Waals surface area contributed by atoms with Crippen LogP contribution in [0.3, 0.4) is 0 Å². The van der Waals surface area contributed by atoms with Gasteiger partial charge in [-0.05, 0) is 52.2 Å². The van der Waals surface area contributed by atoms with Crippen LogP contribution < -0.4 is 5.32 Å². The third-order valence-corrected chi connectivity index (χ3v) is 4.65. The summed E-state index contributed by atoms with van der Waals surface area (Å²) >= 11 is 4.85. The summed E-state index contributed by atoms with van der Waals surface area (Å²) in [5, 5.41) is 2.73. The van der Waals surface area contributed by atoms with E-state index in [1.54, 1.807) is 6.08 Å². The van der Waals surface area contributed by atoms with Gasteiger partial charge in [0.1, 0.15) is 0 Å². The minimum atomic E-state index is -0.541. The van der Waals surface area contributed by atoms with Crippen LogP contribution in [0, 0.1) is 6.92 Å². The molecule has 0 aliphatic rings. The van der Waals surface area contributed by atoms with E-state index >= 15 is 0 Å². The summed E-state index contributed by atoms with van der Waals surface area (Å²) in [5.74, 6) is -0.866. The number of hydrogen-bond donors (Lipinski definition) is 1. The molecule has 2 aromatic rings. The molecule has 1 heterocycles. The molecule has 1 amide bonds. The van der Waals surface area contributed by atoms with E-state index in [1.807, 2.05) is 43.3 Å². The van der Waals surface area contributed by atoms with Crippen LogP contribution in [0.4, 0.5) is 0 Å². The van der Waals surface area contributed by atoms with Crippen LogP contribution in [-0.2, 0) is 20.9 Å². The van der Waals surface area contributed by atoms with Crippen molar-refractivity contribution in [2.24, 2.45) is 0 Å². The number of carbonyl (C=O) groups excluding carboxylic acids is 2. The molecule has 0 aliphatic heterocycles. The van der Waals surface area contributed by atoms with Gasteiger partial charge >= 0.3 is 5.97 Å². The molecule has 0 saturated heterocycles. The van der Waals surface area contributed by atoms with E-state index in [4.69, 9.17) is 4.74 Å². The predicted octanol–water partition coefficient (Wildman–Crippen LogP) is 3.69. The second kappa shape index (κ2) is 8.64. The molecule has 23 heavy (non-hydrogen) atoms. The van der Waals surface area contributed by atoms with Crippen molar-refractivity contribution in [2.45, 2.75) is 13.5 Å². The summed E-state index contributed by atoms with van der Waals surface area (Å²) in [6.07, 6.45) is 2.97. The molecule has 4 nitrogen and oxygen atoms in total. The number of halogens is 1. The van der Waals surface area contributed by atoms with E-state index in [2.05, 4.69) is 21.2 Å². The number of carbonyl (C=O) groups is 2. The van der Waals surface area contributed by atoms with E-state index in [0.29, 0.717) is 6.54 Å². The van der Waals surface area contributed by atoms with Crippen molar-refractivity contribution in [3.63, 3.8) is 0 Å². The monoisotopic (exact) mass is 393 g/mol. The SMILES string of the molecule is Cc1ccccc1CNC(=O)COC(=O)/C=C/c1ccc(Br)s1. The third kappa shape index (κ3) is 6.00. The van der Waals surface area contributed by atoms with Crippen LogP contribution in [-0.4, -0.2) is 18.5 Å². The summed E-state index contributed by atoms with van der Waals surface area (Å²) < 4.78 is 5.89. The lowest BCUT2D eigenvalue weighted by molar-refractivity contribution is -0.143. The predicted molar refractivity (Wildman–Crippen MR) is 95.0 cm³/mol. The van der Waals surface area contributed by atoms with Gasteiger partial charge in [-0.1, -0.05) is 24.3 Å². The standard InChI is InChI=1S/C17H16BrNO3S/c1-12-4-2-3-5-13(12)10-19-16(20)11-22-17(21)9-7-14-6-8-15(18)23-14/h2-9H,10-11H2,1H3,(H,19,20)/b9-7+. The molecule has 0 aliphatic carbocycles. The topological polar surface area (TPSA) is 55.4 Å². The van der Waals surface area contributed by atoms with Gasteiger partial charge in [0.15, 0.2) is 6.61 Å². The number of rotatable bonds is 6. The van der Waals surface area contributed by atoms with Crippen LogP contribution in [0.15, 0.2) is 46.3 Å². The fraction of sp³-hybridized carbons (Fsp3) is 0.176. The Morgan fingerprint density at radius 2 is 2.04 bits per heavy atom. The van der Waals surface area contributed by atoms with E-state index in [9.17, 15) is 9.59 Å². The number of aryl methyl sites for hydroxylation is 1. The molecular formula is C17H16BrNO3S. The van der Waals surface area contributed by atoms with E-state index in [1.165, 1.54) is 17.4 Å². The van der Waals surface area contributed by atoms with Gasteiger partial charge in [0.25, 0.3) is 5.91 Å². The summed E-state index contributed by atoms with van der Waals surface area (Å²) in [4.78, 5) is 24.2. The molecule has 120 valence electrons. The summed E-state index contributed by atoms with van der Waals surface area (Å²) in [5.41, 5.74) is 2.14. The molecule has 0 unspecified atom stereocenters. The van der Waals surface area contributed by atoms with Crippen molar-refractivity contribution in [2.75, 3.05) is 6.61 Å². The maximum atomic E-state index is 11.7. The molecule has 1 aromatic carbocycles. The quantitative estimate of drug-likeness (QED) is 0.601. The number of nitrogens with one attached hydrogen (secondary N) is 1. The van der Waals surface area contributed by atoms with Gasteiger partial charge in [-0.3, -0.25) is 4.79 Å². The molecule has 2 rings (SSSR count). The summed E-state index contributed by atoms with van der Waals surface area (Å²) in [7, 11) is 0. The maximum Gasteiger partial charge on any atom is 0.331 e. The maximum absolute atomic E-state index is 11.7. The summed E-state index contributed by atoms with van der Waals surface area (Å²) in [6, 6.07) is 11.6. The van der Waals surface area contributed by atoms with Gasteiger partial charge in [-0.2, -0.15) is 0 Å². The molecule has 1 aromatic heterocycles. The van der Waals surface area contributed by atoms with Crippen molar-refractivity contribution < 1.29 is 14.3 Å². The minimum Gasteiger partial charge on any atom is -0.452 e. The van der Waals surface area contributed by atoms with Crippen LogP contribution in [0.5, 0.6) is 0 Å². The van der Waals surface area contributed by atoms with E-state index < -0.39 is 5.97 Å². The lowest BCUT2D eigenvalue weighted by atomic mass is 10.1. The normalized spacial score (nSPS) is 10.7. The van der Waals surface area contributed by atoms with Crippen LogP contribution in [0.25, 0.3) is 6.08 Å². The highest BCUT2D eigenvalue weighted by atomic mass is 79.9. The number of ether oxygens (including phenoxy) is 1. The first-order chi connectivity index (χ1) is 11.0. The van der Waals surface area contributed by atoms with E-state index in [-0.39, 0.29) is 12.5 Å².